The van der Waals surface area contributed by atoms with Gasteiger partial charge < -0.3 is 4.74 Å². The fourth-order valence-electron chi connectivity index (χ4n) is 0.860. The van der Waals surface area contributed by atoms with Crippen molar-refractivity contribution in [3.63, 3.8) is 0 Å². The standard InChI is InChI=1S/C6H9O2/c1-6(5-7)3-2-4-8-6/h2-4H2,1H3. The Morgan fingerprint density at radius 1 is 1.75 bits per heavy atom. The molecule has 0 amide bonds. The minimum atomic E-state index is -0.569. The van der Waals surface area contributed by atoms with Gasteiger partial charge in [0.05, 0.1) is 0 Å². The lowest BCUT2D eigenvalue weighted by molar-refractivity contribution is 0.0752. The highest BCUT2D eigenvalue weighted by molar-refractivity contribution is 5.62. The molecule has 1 atom stereocenters. The van der Waals surface area contributed by atoms with Gasteiger partial charge in [-0.15, -0.1) is 0 Å². The molecule has 2 nitrogen and oxygen atoms in total. The van der Waals surface area contributed by atoms with Crippen LogP contribution in [0, 0.1) is 0 Å². The van der Waals surface area contributed by atoms with Crippen LogP contribution < -0.4 is 0 Å². The maximum absolute atomic E-state index is 10.1. The molecule has 0 aliphatic carbocycles. The van der Waals surface area contributed by atoms with E-state index >= 15 is 0 Å². The van der Waals surface area contributed by atoms with E-state index < -0.39 is 5.60 Å². The van der Waals surface area contributed by atoms with Crippen molar-refractivity contribution in [2.75, 3.05) is 6.61 Å². The molecular weight excluding hydrogens is 104 g/mol. The fourth-order valence-corrected chi connectivity index (χ4v) is 0.860. The van der Waals surface area contributed by atoms with Crippen LogP contribution in [0.2, 0.25) is 0 Å². The summed E-state index contributed by atoms with van der Waals surface area (Å²) in [7, 11) is 0. The summed E-state index contributed by atoms with van der Waals surface area (Å²) in [6, 6.07) is 0. The van der Waals surface area contributed by atoms with Crippen LogP contribution in [0.15, 0.2) is 0 Å². The molecule has 1 saturated heterocycles. The summed E-state index contributed by atoms with van der Waals surface area (Å²) >= 11 is 0. The zero-order chi connectivity index (χ0) is 6.04. The fraction of sp³-hybridized carbons (Fsp3) is 0.833. The van der Waals surface area contributed by atoms with E-state index in [2.05, 4.69) is 0 Å². The van der Waals surface area contributed by atoms with E-state index in [1.807, 2.05) is 6.29 Å². The Morgan fingerprint density at radius 2 is 2.50 bits per heavy atom. The van der Waals surface area contributed by atoms with E-state index in [0.29, 0.717) is 6.61 Å². The van der Waals surface area contributed by atoms with Crippen LogP contribution in [0.3, 0.4) is 0 Å². The maximum atomic E-state index is 10.1. The Balaban J connectivity index is 2.52. The van der Waals surface area contributed by atoms with Crippen LogP contribution in [0.4, 0.5) is 0 Å². The number of hydrogen-bond donors (Lipinski definition) is 0. The van der Waals surface area contributed by atoms with Crippen molar-refractivity contribution >= 4 is 6.29 Å². The minimum Gasteiger partial charge on any atom is -0.367 e. The van der Waals surface area contributed by atoms with E-state index in [9.17, 15) is 4.79 Å². The molecule has 1 fully saturated rings. The van der Waals surface area contributed by atoms with Gasteiger partial charge in [-0.05, 0) is 19.8 Å². The highest BCUT2D eigenvalue weighted by atomic mass is 16.5. The van der Waals surface area contributed by atoms with Crippen LogP contribution in [0.25, 0.3) is 0 Å². The topological polar surface area (TPSA) is 26.3 Å². The molecule has 1 rings (SSSR count). The molecule has 0 N–H and O–H groups in total. The van der Waals surface area contributed by atoms with Crippen molar-refractivity contribution in [1.29, 1.82) is 0 Å². The first kappa shape index (κ1) is 5.76. The molecule has 1 radical (unpaired) electrons. The molecule has 0 aromatic heterocycles. The molecule has 0 bridgehead atoms. The average Bonchev–Trinajstić information content (AvgIpc) is 2.17. The van der Waals surface area contributed by atoms with Gasteiger partial charge in [0.15, 0.2) is 0 Å². The van der Waals surface area contributed by atoms with Gasteiger partial charge in [-0.1, -0.05) is 0 Å². The molecule has 1 heterocycles. The van der Waals surface area contributed by atoms with Gasteiger partial charge in [0.1, 0.15) is 5.60 Å². The van der Waals surface area contributed by atoms with E-state index in [1.165, 1.54) is 0 Å². The molecule has 1 aliphatic rings. The molecule has 45 valence electrons. The molecule has 1 unspecified atom stereocenters. The van der Waals surface area contributed by atoms with Crippen molar-refractivity contribution in [3.05, 3.63) is 0 Å². The van der Waals surface area contributed by atoms with Crippen molar-refractivity contribution in [3.8, 4) is 0 Å². The van der Waals surface area contributed by atoms with Gasteiger partial charge in [0.25, 0.3) is 0 Å². The van der Waals surface area contributed by atoms with Crippen molar-refractivity contribution < 1.29 is 9.53 Å². The van der Waals surface area contributed by atoms with Crippen LogP contribution in [-0.4, -0.2) is 18.5 Å². The monoisotopic (exact) mass is 113 g/mol. The minimum absolute atomic E-state index is 0.569. The molecule has 8 heavy (non-hydrogen) atoms. The Hall–Kier alpha value is -0.370. The van der Waals surface area contributed by atoms with Crippen LogP contribution in [-0.2, 0) is 9.53 Å². The summed E-state index contributed by atoms with van der Waals surface area (Å²) in [4.78, 5) is 10.1. The van der Waals surface area contributed by atoms with Gasteiger partial charge >= 0.3 is 0 Å². The van der Waals surface area contributed by atoms with Gasteiger partial charge in [0.2, 0.25) is 6.29 Å². The Morgan fingerprint density at radius 3 is 2.75 bits per heavy atom. The van der Waals surface area contributed by atoms with Gasteiger partial charge in [-0.3, -0.25) is 4.79 Å². The average molecular weight is 113 g/mol. The lowest BCUT2D eigenvalue weighted by Gasteiger charge is -2.11. The molecule has 0 aromatic rings. The summed E-state index contributed by atoms with van der Waals surface area (Å²) in [6.45, 7) is 2.48. The summed E-state index contributed by atoms with van der Waals surface area (Å²) in [5.74, 6) is 0. The largest absolute Gasteiger partial charge is 0.367 e. The van der Waals surface area contributed by atoms with Crippen molar-refractivity contribution in [1.82, 2.24) is 0 Å². The van der Waals surface area contributed by atoms with Crippen LogP contribution in [0.5, 0.6) is 0 Å². The quantitative estimate of drug-likeness (QED) is 0.499. The first-order chi connectivity index (χ1) is 3.77. The highest BCUT2D eigenvalue weighted by Gasteiger charge is 2.29. The molecule has 1 aliphatic heterocycles. The summed E-state index contributed by atoms with van der Waals surface area (Å²) < 4.78 is 5.07. The highest BCUT2D eigenvalue weighted by Crippen LogP contribution is 2.21. The van der Waals surface area contributed by atoms with Gasteiger partial charge in [-0.25, -0.2) is 0 Å². The zero-order valence-corrected chi connectivity index (χ0v) is 4.94. The Kier molecular flexibility index (Phi) is 1.34. The van der Waals surface area contributed by atoms with E-state index in [-0.39, 0.29) is 0 Å². The second kappa shape index (κ2) is 1.86. The molecule has 0 spiro atoms. The normalized spacial score (nSPS) is 37.6. The summed E-state index contributed by atoms with van der Waals surface area (Å²) in [6.07, 6.45) is 3.69. The second-order valence-electron chi connectivity index (χ2n) is 2.28. The Bertz CT molecular complexity index is 92.7. The third-order valence-corrected chi connectivity index (χ3v) is 1.43. The number of rotatable bonds is 1. The summed E-state index contributed by atoms with van der Waals surface area (Å²) in [5, 5.41) is 0. The molecule has 0 aromatic carbocycles. The van der Waals surface area contributed by atoms with Gasteiger partial charge in [0, 0.05) is 6.61 Å². The van der Waals surface area contributed by atoms with E-state index in [1.54, 1.807) is 6.92 Å². The van der Waals surface area contributed by atoms with E-state index in [0.717, 1.165) is 12.8 Å². The van der Waals surface area contributed by atoms with Gasteiger partial charge in [-0.2, -0.15) is 0 Å². The van der Waals surface area contributed by atoms with Crippen molar-refractivity contribution in [2.45, 2.75) is 25.4 Å². The molecule has 2 heteroatoms. The van der Waals surface area contributed by atoms with Crippen molar-refractivity contribution in [2.24, 2.45) is 0 Å². The third-order valence-electron chi connectivity index (χ3n) is 1.43. The first-order valence-corrected chi connectivity index (χ1v) is 2.80. The SMILES string of the molecule is CC1([C]=O)CCCO1. The lowest BCUT2D eigenvalue weighted by Crippen LogP contribution is -2.23. The number of ether oxygens (including phenoxy) is 1. The second-order valence-corrected chi connectivity index (χ2v) is 2.28. The van der Waals surface area contributed by atoms with Crippen LogP contribution >= 0.6 is 0 Å². The smallest absolute Gasteiger partial charge is 0.232 e. The maximum Gasteiger partial charge on any atom is 0.232 e. The predicted octanol–water partition coefficient (Wildman–Crippen LogP) is 0.665. The summed E-state index contributed by atoms with van der Waals surface area (Å²) in [5.41, 5.74) is -0.569. The zero-order valence-electron chi connectivity index (χ0n) is 4.94. The molecule has 0 saturated carbocycles. The lowest BCUT2D eigenvalue weighted by atomic mass is 10.1. The predicted molar refractivity (Wildman–Crippen MR) is 29.3 cm³/mol. The third kappa shape index (κ3) is 0.892. The molecular formula is C6H9O2. The number of hydrogen-bond acceptors (Lipinski definition) is 2. The Labute approximate surface area is 48.8 Å². The first-order valence-electron chi connectivity index (χ1n) is 2.80. The van der Waals surface area contributed by atoms with E-state index in [4.69, 9.17) is 4.74 Å². The number of carbonyl (C=O) groups excluding carboxylic acids is 1. The van der Waals surface area contributed by atoms with Crippen LogP contribution in [0.1, 0.15) is 19.8 Å².